The van der Waals surface area contributed by atoms with Crippen LogP contribution in [0.4, 0.5) is 18.0 Å². The second-order valence-electron chi connectivity index (χ2n) is 9.44. The first kappa shape index (κ1) is 27.9. The Morgan fingerprint density at radius 2 is 1.67 bits per heavy atom. The van der Waals surface area contributed by atoms with Gasteiger partial charge in [-0.05, 0) is 69.4 Å². The molecule has 1 atom stereocenters. The van der Waals surface area contributed by atoms with Gasteiger partial charge in [0.15, 0.2) is 0 Å². The van der Waals surface area contributed by atoms with Gasteiger partial charge in [0.05, 0.1) is 5.56 Å². The lowest BCUT2D eigenvalue weighted by Gasteiger charge is -2.35. The maximum Gasteiger partial charge on any atom is 0.416 e. The number of benzene rings is 1. The number of aliphatic carboxylic acids is 1. The van der Waals surface area contributed by atoms with E-state index in [1.165, 1.54) is 29.2 Å². The Balaban J connectivity index is 1.69. The molecule has 1 aromatic carbocycles. The minimum Gasteiger partial charge on any atom is -0.480 e. The average Bonchev–Trinajstić information content (AvgIpc) is 3.27. The van der Waals surface area contributed by atoms with Gasteiger partial charge in [-0.15, -0.1) is 11.3 Å². The molecular formula is C23H27F3N2O6S2. The number of nitrogens with zero attached hydrogens (tertiary/aromatic N) is 1. The Labute approximate surface area is 211 Å². The number of halogens is 3. The standard InChI is InChI=1S/C23H27F3N2O6S2/c1-22(2,3)34-21(31)28-12-10-15(11-13-28)19(20(29)30)27-36(32,33)18-9-8-17(35-18)14-4-6-16(7-5-14)23(24,25)26/h4-9,15,19,27H,10-13H2,1-3H3,(H,29,30)/t19-/m1/s1. The quantitative estimate of drug-likeness (QED) is 0.536. The van der Waals surface area contributed by atoms with E-state index >= 15 is 0 Å². The molecule has 2 aromatic rings. The number of thiophene rings is 1. The number of likely N-dealkylation sites (tertiary alicyclic amines) is 1. The topological polar surface area (TPSA) is 113 Å². The number of rotatable bonds is 6. The molecule has 0 unspecified atom stereocenters. The first-order valence-electron chi connectivity index (χ1n) is 11.1. The molecule has 2 heterocycles. The van der Waals surface area contributed by atoms with Gasteiger partial charge in [-0.1, -0.05) is 12.1 Å². The van der Waals surface area contributed by atoms with E-state index in [1.54, 1.807) is 20.8 Å². The molecule has 0 spiro atoms. The molecular weight excluding hydrogens is 521 g/mol. The third-order valence-electron chi connectivity index (χ3n) is 5.55. The number of piperidine rings is 1. The number of hydrogen-bond donors (Lipinski definition) is 2. The molecule has 0 aliphatic carbocycles. The van der Waals surface area contributed by atoms with Gasteiger partial charge >= 0.3 is 18.2 Å². The van der Waals surface area contributed by atoms with Crippen LogP contribution in [0.25, 0.3) is 10.4 Å². The van der Waals surface area contributed by atoms with Crippen LogP contribution in [0, 0.1) is 5.92 Å². The summed E-state index contributed by atoms with van der Waals surface area (Å²) in [5, 5.41) is 9.72. The lowest BCUT2D eigenvalue weighted by molar-refractivity contribution is -0.141. The van der Waals surface area contributed by atoms with Crippen molar-refractivity contribution in [1.82, 2.24) is 9.62 Å². The zero-order valence-corrected chi connectivity index (χ0v) is 21.5. The van der Waals surface area contributed by atoms with Crippen LogP contribution in [0.5, 0.6) is 0 Å². The smallest absolute Gasteiger partial charge is 0.416 e. The molecule has 36 heavy (non-hydrogen) atoms. The third-order valence-corrected chi connectivity index (χ3v) is 8.62. The van der Waals surface area contributed by atoms with Crippen molar-refractivity contribution in [2.24, 2.45) is 5.92 Å². The molecule has 1 fully saturated rings. The van der Waals surface area contributed by atoms with Gasteiger partial charge in [0.2, 0.25) is 0 Å². The summed E-state index contributed by atoms with van der Waals surface area (Å²) in [7, 11) is -4.22. The summed E-state index contributed by atoms with van der Waals surface area (Å²) in [6.45, 7) is 5.66. The first-order valence-corrected chi connectivity index (χ1v) is 13.4. The van der Waals surface area contributed by atoms with Crippen molar-refractivity contribution in [3.8, 4) is 10.4 Å². The van der Waals surface area contributed by atoms with E-state index in [-0.39, 0.29) is 30.1 Å². The van der Waals surface area contributed by atoms with E-state index in [9.17, 15) is 36.3 Å². The molecule has 1 amide bonds. The van der Waals surface area contributed by atoms with Gasteiger partial charge in [0.1, 0.15) is 15.9 Å². The molecule has 1 aliphatic rings. The fraction of sp³-hybridized carbons (Fsp3) is 0.478. The number of carboxylic acid groups (broad SMARTS) is 1. The van der Waals surface area contributed by atoms with Gasteiger partial charge in [-0.25, -0.2) is 13.2 Å². The van der Waals surface area contributed by atoms with E-state index in [2.05, 4.69) is 4.72 Å². The average molecular weight is 549 g/mol. The van der Waals surface area contributed by atoms with Crippen LogP contribution >= 0.6 is 11.3 Å². The van der Waals surface area contributed by atoms with Crippen LogP contribution in [-0.2, 0) is 25.7 Å². The predicted octanol–water partition coefficient (Wildman–Crippen LogP) is 4.81. The number of alkyl halides is 3. The second kappa shape index (κ2) is 10.4. The van der Waals surface area contributed by atoms with Gasteiger partial charge in [-0.3, -0.25) is 4.79 Å². The molecule has 0 bridgehead atoms. The Morgan fingerprint density at radius 1 is 1.08 bits per heavy atom. The zero-order chi connectivity index (χ0) is 26.9. The Morgan fingerprint density at radius 3 is 2.17 bits per heavy atom. The van der Waals surface area contributed by atoms with Gasteiger partial charge in [0.25, 0.3) is 10.0 Å². The highest BCUT2D eigenvalue weighted by molar-refractivity contribution is 7.91. The summed E-state index contributed by atoms with van der Waals surface area (Å²) in [5.74, 6) is -1.89. The van der Waals surface area contributed by atoms with E-state index in [4.69, 9.17) is 4.74 Å². The van der Waals surface area contributed by atoms with Crippen LogP contribution in [0.15, 0.2) is 40.6 Å². The van der Waals surface area contributed by atoms with E-state index in [0.717, 1.165) is 23.5 Å². The van der Waals surface area contributed by atoms with Crippen LogP contribution in [0.3, 0.4) is 0 Å². The van der Waals surface area contributed by atoms with Crippen molar-refractivity contribution in [3.05, 3.63) is 42.0 Å². The molecule has 0 radical (unpaired) electrons. The third kappa shape index (κ3) is 6.98. The molecule has 8 nitrogen and oxygen atoms in total. The first-order chi connectivity index (χ1) is 16.6. The Bertz CT molecular complexity index is 1200. The summed E-state index contributed by atoms with van der Waals surface area (Å²) in [4.78, 5) is 26.1. The lowest BCUT2D eigenvalue weighted by atomic mass is 9.90. The van der Waals surface area contributed by atoms with Crippen molar-refractivity contribution in [1.29, 1.82) is 0 Å². The number of nitrogens with one attached hydrogen (secondary N) is 1. The number of amides is 1. The maximum atomic E-state index is 13.0. The Hall–Kier alpha value is -2.64. The SMILES string of the molecule is CC(C)(C)OC(=O)N1CCC([C@@H](NS(=O)(=O)c2ccc(-c3ccc(C(F)(F)F)cc3)s2)C(=O)O)CC1. The molecule has 2 N–H and O–H groups in total. The summed E-state index contributed by atoms with van der Waals surface area (Å²) < 4.78 is 71.7. The summed E-state index contributed by atoms with van der Waals surface area (Å²) >= 11 is 0.822. The van der Waals surface area contributed by atoms with Crippen LogP contribution in [-0.4, -0.2) is 55.2 Å². The predicted molar refractivity (Wildman–Crippen MR) is 127 cm³/mol. The molecule has 1 aromatic heterocycles. The highest BCUT2D eigenvalue weighted by Crippen LogP contribution is 2.34. The van der Waals surface area contributed by atoms with Crippen molar-refractivity contribution in [3.63, 3.8) is 0 Å². The van der Waals surface area contributed by atoms with E-state index in [1.807, 2.05) is 0 Å². The molecule has 198 valence electrons. The number of carboxylic acids is 1. The Kier molecular flexibility index (Phi) is 8.06. The summed E-state index contributed by atoms with van der Waals surface area (Å²) in [5.41, 5.74) is -1.09. The lowest BCUT2D eigenvalue weighted by Crippen LogP contribution is -2.50. The summed E-state index contributed by atoms with van der Waals surface area (Å²) in [6, 6.07) is 5.64. The number of ether oxygens (including phenoxy) is 1. The molecule has 3 rings (SSSR count). The van der Waals surface area contributed by atoms with Gasteiger partial charge in [-0.2, -0.15) is 17.9 Å². The van der Waals surface area contributed by atoms with Crippen LogP contribution < -0.4 is 4.72 Å². The molecule has 0 saturated carbocycles. The highest BCUT2D eigenvalue weighted by Gasteiger charge is 2.37. The van der Waals surface area contributed by atoms with Crippen molar-refractivity contribution < 1.29 is 41.0 Å². The fourth-order valence-electron chi connectivity index (χ4n) is 3.76. The molecule has 1 aliphatic heterocycles. The van der Waals surface area contributed by atoms with Crippen molar-refractivity contribution in [2.45, 2.75) is 55.6 Å². The number of sulfonamides is 1. The number of carbonyl (C=O) groups excluding carboxylic acids is 1. The minimum atomic E-state index is -4.48. The maximum absolute atomic E-state index is 13.0. The van der Waals surface area contributed by atoms with E-state index in [0.29, 0.717) is 10.4 Å². The van der Waals surface area contributed by atoms with Crippen LogP contribution in [0.2, 0.25) is 0 Å². The largest absolute Gasteiger partial charge is 0.480 e. The molecule has 13 heteroatoms. The number of hydrogen-bond acceptors (Lipinski definition) is 6. The number of carbonyl (C=O) groups is 2. The van der Waals surface area contributed by atoms with Crippen LogP contribution in [0.1, 0.15) is 39.2 Å². The van der Waals surface area contributed by atoms with Crippen molar-refractivity contribution in [2.75, 3.05) is 13.1 Å². The van der Waals surface area contributed by atoms with E-state index < -0.39 is 51.4 Å². The fourth-order valence-corrected chi connectivity index (χ4v) is 6.34. The van der Waals surface area contributed by atoms with Crippen molar-refractivity contribution >= 4 is 33.4 Å². The monoisotopic (exact) mass is 548 g/mol. The zero-order valence-electron chi connectivity index (χ0n) is 19.8. The second-order valence-corrected chi connectivity index (χ2v) is 12.5. The minimum absolute atomic E-state index is 0.158. The van der Waals surface area contributed by atoms with Gasteiger partial charge < -0.3 is 14.7 Å². The normalized spacial score (nSPS) is 16.6. The highest BCUT2D eigenvalue weighted by atomic mass is 32.2. The summed E-state index contributed by atoms with van der Waals surface area (Å²) in [6.07, 6.45) is -4.47. The molecule has 1 saturated heterocycles. The van der Waals surface area contributed by atoms with Gasteiger partial charge in [0, 0.05) is 18.0 Å².